The Hall–Kier alpha value is -1.71. The largest absolute Gasteiger partial charge is 0.465 e. The maximum atomic E-state index is 11.6. The Labute approximate surface area is 101 Å². The van der Waals surface area contributed by atoms with Crippen molar-refractivity contribution < 1.29 is 9.53 Å². The summed E-state index contributed by atoms with van der Waals surface area (Å²) in [6, 6.07) is 5.73. The van der Waals surface area contributed by atoms with Gasteiger partial charge in [0, 0.05) is 17.4 Å². The van der Waals surface area contributed by atoms with Gasteiger partial charge in [0.25, 0.3) is 0 Å². The molecule has 92 valence electrons. The molecule has 0 spiro atoms. The zero-order chi connectivity index (χ0) is 12.4. The monoisotopic (exact) mass is 234 g/mol. The van der Waals surface area contributed by atoms with Crippen LogP contribution in [0, 0.1) is 5.92 Å². The molecule has 4 nitrogen and oxygen atoms in total. The quantitative estimate of drug-likeness (QED) is 0.622. The molecule has 3 N–H and O–H groups in total. The summed E-state index contributed by atoms with van der Waals surface area (Å²) < 4.78 is 4.75. The predicted octanol–water partition coefficient (Wildman–Crippen LogP) is 2.27. The Morgan fingerprint density at radius 3 is 2.76 bits per heavy atom. The van der Waals surface area contributed by atoms with E-state index >= 15 is 0 Å². The van der Waals surface area contributed by atoms with Crippen LogP contribution in [-0.4, -0.2) is 19.1 Å². The van der Waals surface area contributed by atoms with Crippen molar-refractivity contribution in [1.82, 2.24) is 0 Å². The van der Waals surface area contributed by atoms with Crippen LogP contribution in [-0.2, 0) is 4.74 Å². The topological polar surface area (TPSA) is 64.3 Å². The molecule has 0 radical (unpaired) electrons. The first kappa shape index (κ1) is 11.8. The minimum Gasteiger partial charge on any atom is -0.465 e. The number of carbonyl (C=O) groups excluding carboxylic acids is 1. The highest BCUT2D eigenvalue weighted by molar-refractivity contribution is 5.96. The van der Waals surface area contributed by atoms with Crippen molar-refractivity contribution in [2.75, 3.05) is 18.2 Å². The summed E-state index contributed by atoms with van der Waals surface area (Å²) >= 11 is 0. The van der Waals surface area contributed by atoms with Gasteiger partial charge in [-0.3, -0.25) is 0 Å². The zero-order valence-electron chi connectivity index (χ0n) is 10.2. The first-order valence-electron chi connectivity index (χ1n) is 5.84. The van der Waals surface area contributed by atoms with Crippen LogP contribution in [0.15, 0.2) is 18.2 Å². The summed E-state index contributed by atoms with van der Waals surface area (Å²) in [7, 11) is 1.38. The second kappa shape index (κ2) is 4.65. The average Bonchev–Trinajstić information content (AvgIpc) is 2.28. The highest BCUT2D eigenvalue weighted by atomic mass is 16.5. The summed E-state index contributed by atoms with van der Waals surface area (Å²) in [5.74, 6) is 0.412. The van der Waals surface area contributed by atoms with E-state index in [2.05, 4.69) is 12.2 Å². The van der Waals surface area contributed by atoms with E-state index in [1.54, 1.807) is 12.1 Å². The van der Waals surface area contributed by atoms with Gasteiger partial charge in [0.05, 0.1) is 12.7 Å². The van der Waals surface area contributed by atoms with Crippen LogP contribution in [0.2, 0.25) is 0 Å². The van der Waals surface area contributed by atoms with Gasteiger partial charge in [-0.05, 0) is 37.0 Å². The third-order valence-corrected chi connectivity index (χ3v) is 3.18. The van der Waals surface area contributed by atoms with E-state index in [0.29, 0.717) is 17.3 Å². The zero-order valence-corrected chi connectivity index (χ0v) is 10.2. The number of ether oxygens (including phenoxy) is 1. The Bertz CT molecular complexity index is 425. The smallest absolute Gasteiger partial charge is 0.340 e. The molecule has 1 fully saturated rings. The fourth-order valence-corrected chi connectivity index (χ4v) is 2.21. The summed E-state index contributed by atoms with van der Waals surface area (Å²) in [4.78, 5) is 11.6. The standard InChI is InChI=1S/C13H18N2O2/c1-8-5-10(6-8)15-12-4-3-9(14)7-11(12)13(16)17-2/h3-4,7-8,10,15H,5-6,14H2,1-2H3. The second-order valence-corrected chi connectivity index (χ2v) is 4.71. The Morgan fingerprint density at radius 2 is 2.18 bits per heavy atom. The Balaban J connectivity index is 2.17. The number of esters is 1. The minimum atomic E-state index is -0.354. The molecule has 1 aliphatic rings. The molecule has 0 saturated heterocycles. The molecule has 0 atom stereocenters. The molecule has 0 bridgehead atoms. The molecular weight excluding hydrogens is 216 g/mol. The first-order valence-corrected chi connectivity index (χ1v) is 5.84. The lowest BCUT2D eigenvalue weighted by atomic mass is 9.81. The van der Waals surface area contributed by atoms with Crippen LogP contribution in [0.25, 0.3) is 0 Å². The van der Waals surface area contributed by atoms with Crippen LogP contribution in [0.5, 0.6) is 0 Å². The molecule has 0 aromatic heterocycles. The number of methoxy groups -OCH3 is 1. The molecule has 1 aliphatic carbocycles. The van der Waals surface area contributed by atoms with Crippen molar-refractivity contribution in [2.24, 2.45) is 5.92 Å². The SMILES string of the molecule is COC(=O)c1cc(N)ccc1NC1CC(C)C1. The van der Waals surface area contributed by atoms with Crippen molar-refractivity contribution in [3.05, 3.63) is 23.8 Å². The van der Waals surface area contributed by atoms with Gasteiger partial charge in [-0.15, -0.1) is 0 Å². The first-order chi connectivity index (χ1) is 8.10. The summed E-state index contributed by atoms with van der Waals surface area (Å²) in [5.41, 5.74) is 7.57. The van der Waals surface area contributed by atoms with Gasteiger partial charge in [0.1, 0.15) is 0 Å². The molecule has 0 heterocycles. The van der Waals surface area contributed by atoms with Crippen LogP contribution >= 0.6 is 0 Å². The Kier molecular flexibility index (Phi) is 3.22. The van der Waals surface area contributed by atoms with E-state index in [1.165, 1.54) is 7.11 Å². The fraction of sp³-hybridized carbons (Fsp3) is 0.462. The predicted molar refractivity (Wildman–Crippen MR) is 68.0 cm³/mol. The molecule has 0 unspecified atom stereocenters. The lowest BCUT2D eigenvalue weighted by Gasteiger charge is -2.34. The highest BCUT2D eigenvalue weighted by Gasteiger charge is 2.26. The number of nitrogen functional groups attached to an aromatic ring is 1. The molecule has 0 amide bonds. The summed E-state index contributed by atoms with van der Waals surface area (Å²) in [6.07, 6.45) is 2.29. The third kappa shape index (κ3) is 2.52. The minimum absolute atomic E-state index is 0.354. The van der Waals surface area contributed by atoms with Crippen molar-refractivity contribution in [2.45, 2.75) is 25.8 Å². The number of carbonyl (C=O) groups is 1. The second-order valence-electron chi connectivity index (χ2n) is 4.71. The van der Waals surface area contributed by atoms with Crippen LogP contribution in [0.4, 0.5) is 11.4 Å². The van der Waals surface area contributed by atoms with Crippen molar-refractivity contribution in [1.29, 1.82) is 0 Å². The van der Waals surface area contributed by atoms with Crippen molar-refractivity contribution in [3.63, 3.8) is 0 Å². The number of anilines is 2. The number of hydrogen-bond donors (Lipinski definition) is 2. The highest BCUT2D eigenvalue weighted by Crippen LogP contribution is 2.31. The van der Waals surface area contributed by atoms with E-state index in [-0.39, 0.29) is 5.97 Å². The van der Waals surface area contributed by atoms with Gasteiger partial charge < -0.3 is 15.8 Å². The third-order valence-electron chi connectivity index (χ3n) is 3.18. The lowest BCUT2D eigenvalue weighted by molar-refractivity contribution is 0.0602. The normalized spacial score (nSPS) is 22.7. The Morgan fingerprint density at radius 1 is 1.47 bits per heavy atom. The van der Waals surface area contributed by atoms with Gasteiger partial charge in [-0.2, -0.15) is 0 Å². The van der Waals surface area contributed by atoms with Crippen LogP contribution < -0.4 is 11.1 Å². The molecule has 1 aromatic carbocycles. The van der Waals surface area contributed by atoms with Crippen LogP contribution in [0.1, 0.15) is 30.1 Å². The van der Waals surface area contributed by atoms with Crippen molar-refractivity contribution in [3.8, 4) is 0 Å². The summed E-state index contributed by atoms with van der Waals surface area (Å²) in [5, 5.41) is 3.36. The van der Waals surface area contributed by atoms with E-state index in [0.717, 1.165) is 24.4 Å². The molecule has 17 heavy (non-hydrogen) atoms. The number of benzene rings is 1. The number of nitrogens with two attached hydrogens (primary N) is 1. The van der Waals surface area contributed by atoms with Gasteiger partial charge >= 0.3 is 5.97 Å². The van der Waals surface area contributed by atoms with Gasteiger partial charge in [-0.1, -0.05) is 6.92 Å². The van der Waals surface area contributed by atoms with E-state index in [1.807, 2.05) is 6.07 Å². The maximum Gasteiger partial charge on any atom is 0.340 e. The number of hydrogen-bond acceptors (Lipinski definition) is 4. The molecule has 1 aromatic rings. The van der Waals surface area contributed by atoms with Gasteiger partial charge in [0.2, 0.25) is 0 Å². The van der Waals surface area contributed by atoms with E-state index < -0.39 is 0 Å². The van der Waals surface area contributed by atoms with Crippen LogP contribution in [0.3, 0.4) is 0 Å². The average molecular weight is 234 g/mol. The molecular formula is C13H18N2O2. The summed E-state index contributed by atoms with van der Waals surface area (Å²) in [6.45, 7) is 2.22. The molecule has 1 saturated carbocycles. The van der Waals surface area contributed by atoms with Crippen molar-refractivity contribution >= 4 is 17.3 Å². The van der Waals surface area contributed by atoms with Gasteiger partial charge in [-0.25, -0.2) is 4.79 Å². The number of rotatable bonds is 3. The molecule has 4 heteroatoms. The molecule has 0 aliphatic heterocycles. The lowest BCUT2D eigenvalue weighted by Crippen LogP contribution is -2.34. The van der Waals surface area contributed by atoms with E-state index in [9.17, 15) is 4.79 Å². The number of nitrogens with one attached hydrogen (secondary N) is 1. The van der Waals surface area contributed by atoms with Gasteiger partial charge in [0.15, 0.2) is 0 Å². The maximum absolute atomic E-state index is 11.6. The molecule has 2 rings (SSSR count). The van der Waals surface area contributed by atoms with E-state index in [4.69, 9.17) is 10.5 Å². The fourth-order valence-electron chi connectivity index (χ4n) is 2.21.